The molecule has 0 aromatic rings. The van der Waals surface area contributed by atoms with Crippen LogP contribution < -0.4 is 5.32 Å². The average molecular weight is 239 g/mol. The summed E-state index contributed by atoms with van der Waals surface area (Å²) >= 11 is 0. The number of allylic oxidation sites excluding steroid dienone is 2. The zero-order valence-electron chi connectivity index (χ0n) is 10.6. The molecule has 0 heterocycles. The number of carbonyl (C=O) groups is 2. The Morgan fingerprint density at radius 3 is 2.47 bits per heavy atom. The summed E-state index contributed by atoms with van der Waals surface area (Å²) in [4.78, 5) is 22.4. The molecule has 1 N–H and O–H groups in total. The zero-order valence-corrected chi connectivity index (χ0v) is 10.6. The Kier molecular flexibility index (Phi) is 8.74. The van der Waals surface area contributed by atoms with Crippen LogP contribution in [0, 0.1) is 0 Å². The summed E-state index contributed by atoms with van der Waals surface area (Å²) in [6.07, 6.45) is 7.25. The van der Waals surface area contributed by atoms with E-state index in [2.05, 4.69) is 11.9 Å². The highest BCUT2D eigenvalue weighted by Crippen LogP contribution is 2.04. The van der Waals surface area contributed by atoms with E-state index in [1.165, 1.54) is 6.92 Å². The SMILES string of the molecule is C=CCCCC/C=C(\NC(C)=O)C(=O)OCC. The number of esters is 1. The van der Waals surface area contributed by atoms with Crippen molar-refractivity contribution in [3.05, 3.63) is 24.4 Å². The molecule has 0 aliphatic rings. The van der Waals surface area contributed by atoms with Crippen LogP contribution in [0.4, 0.5) is 0 Å². The number of rotatable bonds is 8. The minimum absolute atomic E-state index is 0.234. The van der Waals surface area contributed by atoms with E-state index in [0.29, 0.717) is 6.61 Å². The van der Waals surface area contributed by atoms with Gasteiger partial charge in [0.05, 0.1) is 6.61 Å². The van der Waals surface area contributed by atoms with Gasteiger partial charge in [-0.15, -0.1) is 6.58 Å². The number of hydrogen-bond acceptors (Lipinski definition) is 3. The van der Waals surface area contributed by atoms with Crippen LogP contribution in [-0.4, -0.2) is 18.5 Å². The van der Waals surface area contributed by atoms with E-state index in [4.69, 9.17) is 4.74 Å². The van der Waals surface area contributed by atoms with Gasteiger partial charge in [0.25, 0.3) is 0 Å². The zero-order chi connectivity index (χ0) is 13.1. The van der Waals surface area contributed by atoms with Crippen LogP contribution in [0.5, 0.6) is 0 Å². The molecule has 4 heteroatoms. The molecule has 0 aliphatic heterocycles. The van der Waals surface area contributed by atoms with Gasteiger partial charge in [0, 0.05) is 6.92 Å². The average Bonchev–Trinajstić information content (AvgIpc) is 2.27. The predicted octanol–water partition coefficient (Wildman–Crippen LogP) is 2.32. The first-order valence-electron chi connectivity index (χ1n) is 5.87. The lowest BCUT2D eigenvalue weighted by atomic mass is 10.1. The molecule has 0 bridgehead atoms. The number of amides is 1. The summed E-state index contributed by atoms with van der Waals surface area (Å²) in [7, 11) is 0. The minimum atomic E-state index is -0.480. The Balaban J connectivity index is 4.24. The standard InChI is InChI=1S/C13H21NO3/c1-4-6-7-8-9-10-12(14-11(3)15)13(16)17-5-2/h4,10H,1,5-9H2,2-3H3,(H,14,15)/b12-10-. The van der Waals surface area contributed by atoms with Gasteiger partial charge in [-0.2, -0.15) is 0 Å². The summed E-state index contributed by atoms with van der Waals surface area (Å²) in [6, 6.07) is 0. The quantitative estimate of drug-likeness (QED) is 0.306. The Hall–Kier alpha value is -1.58. The van der Waals surface area contributed by atoms with Gasteiger partial charge in [0.2, 0.25) is 5.91 Å². The number of carbonyl (C=O) groups excluding carboxylic acids is 2. The second-order valence-corrected chi connectivity index (χ2v) is 3.59. The van der Waals surface area contributed by atoms with E-state index in [-0.39, 0.29) is 11.6 Å². The first kappa shape index (κ1) is 15.4. The summed E-state index contributed by atoms with van der Waals surface area (Å²) in [5.74, 6) is -0.748. The minimum Gasteiger partial charge on any atom is -0.461 e. The van der Waals surface area contributed by atoms with Gasteiger partial charge in [0.1, 0.15) is 5.70 Å². The maximum Gasteiger partial charge on any atom is 0.354 e. The molecule has 0 fully saturated rings. The van der Waals surface area contributed by atoms with Gasteiger partial charge in [-0.05, 0) is 32.6 Å². The Morgan fingerprint density at radius 2 is 1.94 bits per heavy atom. The fraction of sp³-hybridized carbons (Fsp3) is 0.538. The first-order chi connectivity index (χ1) is 8.11. The highest BCUT2D eigenvalue weighted by Gasteiger charge is 2.10. The van der Waals surface area contributed by atoms with E-state index in [0.717, 1.165) is 25.7 Å². The molecule has 0 saturated heterocycles. The van der Waals surface area contributed by atoms with Crippen molar-refractivity contribution >= 4 is 11.9 Å². The number of hydrogen-bond donors (Lipinski definition) is 1. The van der Waals surface area contributed by atoms with Crippen molar-refractivity contribution in [1.29, 1.82) is 0 Å². The van der Waals surface area contributed by atoms with Crippen molar-refractivity contribution in [1.82, 2.24) is 5.32 Å². The molecule has 0 spiro atoms. The molecule has 0 aliphatic carbocycles. The molecular weight excluding hydrogens is 218 g/mol. The third-order valence-electron chi connectivity index (χ3n) is 2.02. The van der Waals surface area contributed by atoms with Crippen LogP contribution in [0.25, 0.3) is 0 Å². The third-order valence-corrected chi connectivity index (χ3v) is 2.02. The molecule has 17 heavy (non-hydrogen) atoms. The van der Waals surface area contributed by atoms with Crippen molar-refractivity contribution < 1.29 is 14.3 Å². The topological polar surface area (TPSA) is 55.4 Å². The van der Waals surface area contributed by atoms with Crippen molar-refractivity contribution in [2.45, 2.75) is 39.5 Å². The van der Waals surface area contributed by atoms with E-state index in [1.54, 1.807) is 13.0 Å². The first-order valence-corrected chi connectivity index (χ1v) is 5.87. The third kappa shape index (κ3) is 8.25. The lowest BCUT2D eigenvalue weighted by molar-refractivity contribution is -0.140. The van der Waals surface area contributed by atoms with Gasteiger partial charge < -0.3 is 10.1 Å². The van der Waals surface area contributed by atoms with Crippen LogP contribution in [-0.2, 0) is 14.3 Å². The van der Waals surface area contributed by atoms with Gasteiger partial charge >= 0.3 is 5.97 Å². The molecule has 96 valence electrons. The Bertz CT molecular complexity index is 295. The maximum atomic E-state index is 11.5. The summed E-state index contributed by atoms with van der Waals surface area (Å²) in [6.45, 7) is 7.03. The van der Waals surface area contributed by atoms with E-state index in [1.807, 2.05) is 6.08 Å². The molecule has 0 aromatic carbocycles. The molecular formula is C13H21NO3. The highest BCUT2D eigenvalue weighted by molar-refractivity contribution is 5.93. The highest BCUT2D eigenvalue weighted by atomic mass is 16.5. The molecule has 0 radical (unpaired) electrons. The van der Waals surface area contributed by atoms with Crippen LogP contribution in [0.15, 0.2) is 24.4 Å². The van der Waals surface area contributed by atoms with Gasteiger partial charge in [-0.3, -0.25) is 4.79 Å². The molecule has 0 unspecified atom stereocenters. The van der Waals surface area contributed by atoms with Crippen molar-refractivity contribution in [2.75, 3.05) is 6.61 Å². The van der Waals surface area contributed by atoms with Crippen LogP contribution in [0.2, 0.25) is 0 Å². The van der Waals surface area contributed by atoms with Crippen LogP contribution in [0.1, 0.15) is 39.5 Å². The second kappa shape index (κ2) is 9.63. The number of unbranched alkanes of at least 4 members (excludes halogenated alkanes) is 3. The van der Waals surface area contributed by atoms with Crippen molar-refractivity contribution in [2.24, 2.45) is 0 Å². The van der Waals surface area contributed by atoms with Crippen LogP contribution >= 0.6 is 0 Å². The van der Waals surface area contributed by atoms with E-state index >= 15 is 0 Å². The lowest BCUT2D eigenvalue weighted by Gasteiger charge is -2.07. The molecule has 4 nitrogen and oxygen atoms in total. The largest absolute Gasteiger partial charge is 0.461 e. The molecule has 0 saturated carbocycles. The fourth-order valence-electron chi connectivity index (χ4n) is 1.26. The second-order valence-electron chi connectivity index (χ2n) is 3.59. The normalized spacial score (nSPS) is 10.8. The Labute approximate surface area is 103 Å². The summed E-state index contributed by atoms with van der Waals surface area (Å²) in [5.41, 5.74) is 0.234. The summed E-state index contributed by atoms with van der Waals surface area (Å²) < 4.78 is 4.84. The molecule has 0 rings (SSSR count). The lowest BCUT2D eigenvalue weighted by Crippen LogP contribution is -2.26. The summed E-state index contributed by atoms with van der Waals surface area (Å²) in [5, 5.41) is 2.48. The number of ether oxygens (including phenoxy) is 1. The monoisotopic (exact) mass is 239 g/mol. The predicted molar refractivity (Wildman–Crippen MR) is 67.2 cm³/mol. The molecule has 0 aromatic heterocycles. The smallest absolute Gasteiger partial charge is 0.354 e. The van der Waals surface area contributed by atoms with Crippen LogP contribution in [0.3, 0.4) is 0 Å². The Morgan fingerprint density at radius 1 is 1.29 bits per heavy atom. The maximum absolute atomic E-state index is 11.5. The van der Waals surface area contributed by atoms with E-state index in [9.17, 15) is 9.59 Å². The van der Waals surface area contributed by atoms with E-state index < -0.39 is 5.97 Å². The van der Waals surface area contributed by atoms with Crippen molar-refractivity contribution in [3.8, 4) is 0 Å². The molecule has 0 atom stereocenters. The fourth-order valence-corrected chi connectivity index (χ4v) is 1.26. The van der Waals surface area contributed by atoms with Crippen molar-refractivity contribution in [3.63, 3.8) is 0 Å². The van der Waals surface area contributed by atoms with Gasteiger partial charge in [0.15, 0.2) is 0 Å². The van der Waals surface area contributed by atoms with Gasteiger partial charge in [-0.25, -0.2) is 4.79 Å². The van der Waals surface area contributed by atoms with Gasteiger partial charge in [-0.1, -0.05) is 12.2 Å². The molecule has 1 amide bonds. The number of nitrogens with one attached hydrogen (secondary N) is 1.